The molecular weight excluding hydrogens is 290 g/mol. The predicted octanol–water partition coefficient (Wildman–Crippen LogP) is 1.57. The molecule has 2 heterocycles. The molecule has 0 saturated carbocycles. The minimum atomic E-state index is -0.272. The Hall–Kier alpha value is -1.05. The van der Waals surface area contributed by atoms with Crippen molar-refractivity contribution in [3.63, 3.8) is 0 Å². The lowest BCUT2D eigenvalue weighted by Gasteiger charge is -2.21. The van der Waals surface area contributed by atoms with Gasteiger partial charge in [0.1, 0.15) is 17.5 Å². The smallest absolute Gasteiger partial charge is 0.351 e. The van der Waals surface area contributed by atoms with Crippen molar-refractivity contribution in [1.29, 1.82) is 0 Å². The zero-order chi connectivity index (χ0) is 15.4. The van der Waals surface area contributed by atoms with Crippen LogP contribution in [0.25, 0.3) is 0 Å². The molecule has 0 aliphatic carbocycles. The second-order valence-electron chi connectivity index (χ2n) is 5.56. The maximum atomic E-state index is 12.2. The summed E-state index contributed by atoms with van der Waals surface area (Å²) >= 11 is 1.65. The molecule has 0 radical (unpaired) electrons. The zero-order valence-electron chi connectivity index (χ0n) is 13.0. The van der Waals surface area contributed by atoms with Gasteiger partial charge in [-0.05, 0) is 12.0 Å². The third-order valence-electron chi connectivity index (χ3n) is 3.19. The molecule has 1 aliphatic heterocycles. The average Bonchev–Trinajstić information content (AvgIpc) is 2.86. The summed E-state index contributed by atoms with van der Waals surface area (Å²) in [6.45, 7) is 5.66. The van der Waals surface area contributed by atoms with E-state index in [1.165, 1.54) is 0 Å². The average molecular weight is 313 g/mol. The van der Waals surface area contributed by atoms with Crippen molar-refractivity contribution in [3.8, 4) is 0 Å². The quantitative estimate of drug-likeness (QED) is 0.794. The van der Waals surface area contributed by atoms with E-state index in [0.717, 1.165) is 12.3 Å². The first-order chi connectivity index (χ1) is 10.0. The van der Waals surface area contributed by atoms with E-state index in [2.05, 4.69) is 18.8 Å². The molecule has 21 heavy (non-hydrogen) atoms. The first-order valence-corrected chi connectivity index (χ1v) is 8.12. The van der Waals surface area contributed by atoms with Crippen LogP contribution in [0.5, 0.6) is 0 Å². The zero-order valence-corrected chi connectivity index (χ0v) is 13.8. The highest BCUT2D eigenvalue weighted by Crippen LogP contribution is 2.30. The van der Waals surface area contributed by atoms with Gasteiger partial charge in [0.15, 0.2) is 0 Å². The lowest BCUT2D eigenvalue weighted by atomic mass is 10.2. The number of aromatic nitrogens is 2. The van der Waals surface area contributed by atoms with Crippen molar-refractivity contribution in [3.05, 3.63) is 22.7 Å². The van der Waals surface area contributed by atoms with Gasteiger partial charge >= 0.3 is 5.69 Å². The summed E-state index contributed by atoms with van der Waals surface area (Å²) in [4.78, 5) is 18.3. The molecular formula is C14H23N3O3S. The summed E-state index contributed by atoms with van der Waals surface area (Å²) in [7, 11) is 3.59. The van der Waals surface area contributed by atoms with Crippen LogP contribution in [-0.4, -0.2) is 48.0 Å². The van der Waals surface area contributed by atoms with Gasteiger partial charge in [-0.1, -0.05) is 13.8 Å². The third kappa shape index (κ3) is 4.21. The molecule has 7 heteroatoms. The largest absolute Gasteiger partial charge is 0.381 e. The van der Waals surface area contributed by atoms with Crippen LogP contribution in [-0.2, 0) is 9.47 Å². The number of methoxy groups -OCH3 is 1. The van der Waals surface area contributed by atoms with Gasteiger partial charge < -0.3 is 14.4 Å². The van der Waals surface area contributed by atoms with Crippen LogP contribution in [0.3, 0.4) is 0 Å². The molecule has 0 amide bonds. The Bertz CT molecular complexity index is 520. The molecule has 2 rings (SSSR count). The van der Waals surface area contributed by atoms with Crippen LogP contribution in [0.2, 0.25) is 0 Å². The first kappa shape index (κ1) is 16.3. The molecule has 0 N–H and O–H groups in total. The highest BCUT2D eigenvalue weighted by atomic mass is 32.2. The van der Waals surface area contributed by atoms with Crippen LogP contribution < -0.4 is 10.6 Å². The molecule has 0 bridgehead atoms. The van der Waals surface area contributed by atoms with Crippen molar-refractivity contribution in [2.75, 3.05) is 38.0 Å². The Labute approximate surface area is 129 Å². The van der Waals surface area contributed by atoms with E-state index in [0.29, 0.717) is 18.3 Å². The second kappa shape index (κ2) is 7.29. The van der Waals surface area contributed by atoms with Crippen molar-refractivity contribution in [1.82, 2.24) is 9.55 Å². The van der Waals surface area contributed by atoms with Gasteiger partial charge in [0.05, 0.1) is 6.61 Å². The topological polar surface area (TPSA) is 56.6 Å². The molecule has 0 aromatic carbocycles. The van der Waals surface area contributed by atoms with E-state index in [1.54, 1.807) is 29.6 Å². The van der Waals surface area contributed by atoms with E-state index in [9.17, 15) is 4.79 Å². The van der Waals surface area contributed by atoms with Gasteiger partial charge in [-0.2, -0.15) is 4.98 Å². The number of thioether (sulfide) groups is 1. The molecule has 1 aliphatic rings. The van der Waals surface area contributed by atoms with Crippen molar-refractivity contribution >= 4 is 17.6 Å². The predicted molar refractivity (Wildman–Crippen MR) is 84.8 cm³/mol. The van der Waals surface area contributed by atoms with Gasteiger partial charge in [0.25, 0.3) is 0 Å². The summed E-state index contributed by atoms with van der Waals surface area (Å²) in [5.41, 5.74) is -0.290. The molecule has 0 unspecified atom stereocenters. The molecule has 1 fully saturated rings. The van der Waals surface area contributed by atoms with Gasteiger partial charge in [0.2, 0.25) is 0 Å². The molecule has 1 aromatic heterocycles. The number of hydrogen-bond acceptors (Lipinski definition) is 6. The summed E-state index contributed by atoms with van der Waals surface area (Å²) < 4.78 is 12.4. The standard InChI is InChI=1S/C14H23N3O3S/c1-10(2)7-16(3)11-5-6-17(14(18)15-11)12-9-21-13(20-12)8-19-4/h5-6,10,12-13H,7-9H2,1-4H3/t12-,13+/m0/s1. The van der Waals surface area contributed by atoms with E-state index in [4.69, 9.17) is 9.47 Å². The maximum Gasteiger partial charge on any atom is 0.351 e. The van der Waals surface area contributed by atoms with E-state index in [1.807, 2.05) is 18.0 Å². The van der Waals surface area contributed by atoms with Crippen LogP contribution in [0, 0.1) is 5.92 Å². The normalized spacial score (nSPS) is 22.0. The second-order valence-corrected chi connectivity index (χ2v) is 6.75. The number of hydrogen-bond donors (Lipinski definition) is 0. The Kier molecular flexibility index (Phi) is 5.66. The van der Waals surface area contributed by atoms with Gasteiger partial charge in [-0.15, -0.1) is 11.8 Å². The Morgan fingerprint density at radius 1 is 1.62 bits per heavy atom. The fourth-order valence-corrected chi connectivity index (χ4v) is 3.35. The van der Waals surface area contributed by atoms with Crippen LogP contribution in [0.15, 0.2) is 17.1 Å². The first-order valence-electron chi connectivity index (χ1n) is 7.07. The number of nitrogens with zero attached hydrogens (tertiary/aromatic N) is 3. The van der Waals surface area contributed by atoms with Crippen molar-refractivity contribution in [2.45, 2.75) is 25.5 Å². The van der Waals surface area contributed by atoms with E-state index >= 15 is 0 Å². The molecule has 0 spiro atoms. The van der Waals surface area contributed by atoms with Crippen LogP contribution in [0.1, 0.15) is 20.1 Å². The van der Waals surface area contributed by atoms with E-state index in [-0.39, 0.29) is 17.4 Å². The summed E-state index contributed by atoms with van der Waals surface area (Å²) in [6.07, 6.45) is 1.50. The Morgan fingerprint density at radius 2 is 2.38 bits per heavy atom. The molecule has 6 nitrogen and oxygen atoms in total. The molecule has 1 aromatic rings. The van der Waals surface area contributed by atoms with Gasteiger partial charge in [-0.3, -0.25) is 4.57 Å². The SMILES string of the molecule is COC[C@@H]1O[C@H](n2ccc(N(C)CC(C)C)nc2=O)CS1. The highest BCUT2D eigenvalue weighted by Gasteiger charge is 2.28. The third-order valence-corrected chi connectivity index (χ3v) is 4.29. The van der Waals surface area contributed by atoms with Gasteiger partial charge in [0, 0.05) is 32.7 Å². The summed E-state index contributed by atoms with van der Waals surface area (Å²) in [5, 5.41) is 0. The highest BCUT2D eigenvalue weighted by molar-refractivity contribution is 8.00. The molecule has 2 atom stereocenters. The summed E-state index contributed by atoms with van der Waals surface area (Å²) in [6, 6.07) is 1.86. The molecule has 1 saturated heterocycles. The Balaban J connectivity index is 2.08. The fraction of sp³-hybridized carbons (Fsp3) is 0.714. The van der Waals surface area contributed by atoms with Crippen molar-refractivity contribution in [2.24, 2.45) is 5.92 Å². The number of anilines is 1. The van der Waals surface area contributed by atoms with Gasteiger partial charge in [-0.25, -0.2) is 4.79 Å². The molecule has 118 valence electrons. The van der Waals surface area contributed by atoms with E-state index < -0.39 is 0 Å². The van der Waals surface area contributed by atoms with Crippen molar-refractivity contribution < 1.29 is 9.47 Å². The van der Waals surface area contributed by atoms with Crippen LogP contribution >= 0.6 is 11.8 Å². The Morgan fingerprint density at radius 3 is 3.00 bits per heavy atom. The monoisotopic (exact) mass is 313 g/mol. The fourth-order valence-electron chi connectivity index (χ4n) is 2.29. The number of ether oxygens (including phenoxy) is 2. The minimum absolute atomic E-state index is 0.0183. The maximum absolute atomic E-state index is 12.2. The van der Waals surface area contributed by atoms with Crippen LogP contribution in [0.4, 0.5) is 5.82 Å². The lowest BCUT2D eigenvalue weighted by molar-refractivity contribution is -0.0152. The lowest BCUT2D eigenvalue weighted by Crippen LogP contribution is -2.32. The minimum Gasteiger partial charge on any atom is -0.381 e. The summed E-state index contributed by atoms with van der Waals surface area (Å²) in [5.74, 6) is 1.95. The number of rotatable bonds is 6.